The second-order valence-corrected chi connectivity index (χ2v) is 22.8. The largest absolute Gasteiger partial charge is 0.495 e. The van der Waals surface area contributed by atoms with Crippen molar-refractivity contribution in [1.29, 1.82) is 0 Å². The van der Waals surface area contributed by atoms with Crippen LogP contribution in [0, 0.1) is 35.3 Å². The number of fused-ring (bicyclic) bond motifs is 3. The summed E-state index contributed by atoms with van der Waals surface area (Å²) in [5, 5.41) is 5.38. The third-order valence-corrected chi connectivity index (χ3v) is 18.1. The third kappa shape index (κ3) is 10.5. The van der Waals surface area contributed by atoms with Crippen molar-refractivity contribution < 1.29 is 46.8 Å². The number of Topliss-reactive ketones (excluding diaryl/α,β-unsaturated/α-hetero) is 2. The minimum absolute atomic E-state index is 0.0930. The van der Waals surface area contributed by atoms with Crippen molar-refractivity contribution in [2.45, 2.75) is 146 Å². The number of hydrogen-bond donors (Lipinski definition) is 2. The van der Waals surface area contributed by atoms with Crippen LogP contribution in [0.15, 0.2) is 41.8 Å². The van der Waals surface area contributed by atoms with E-state index in [9.17, 15) is 14.3 Å². The highest BCUT2D eigenvalue weighted by Crippen LogP contribution is 2.75. The summed E-state index contributed by atoms with van der Waals surface area (Å²) in [6, 6.07) is 8.78. The SMILES string of the molecule is COc1ccc2c(O[C@H]3CC4C(=O)[C@@H](CC(=O)OC5CCCC5)CCCCCCC[C@@H]5C[C@@]5(P(=O)(O)Cc5c(F)cccc5F)CC(=O)[C@@H]4C3)cc(-c3csc(NC(C)C)n3)nc2c1Cl. The van der Waals surface area contributed by atoms with Crippen molar-refractivity contribution in [2.75, 3.05) is 12.4 Å². The molecule has 65 heavy (non-hydrogen) atoms. The molecule has 7 atom stereocenters. The van der Waals surface area contributed by atoms with E-state index in [1.54, 1.807) is 18.2 Å². The molecule has 4 fully saturated rings. The standard InChI is InChI=1S/C49H59ClF2N3O8PS/c1-28(2)53-48-55-40(27-65-48)39-23-43(33-18-19-42(61-3)45(50)46(33)54-39)62-32-21-34-35(22-32)47(58)29(20-44(57)63-31-14-9-10-15-31)12-7-5-4-6-8-13-30-24-49(30,25-41(34)56)64(59,60)26-36-37(51)16-11-17-38(36)52/h11,16-19,23,27-32,34-35H,4-10,12-15,20-22,24-26H2,1-3H3,(H,53,55)(H,59,60)/t29-,30-,32-,34-,35?,49-/m1/s1. The van der Waals surface area contributed by atoms with Gasteiger partial charge >= 0.3 is 5.97 Å². The number of carbonyl (C=O) groups is 3. The van der Waals surface area contributed by atoms with Gasteiger partial charge in [0.25, 0.3) is 0 Å². The first-order valence-corrected chi connectivity index (χ1v) is 26.3. The highest BCUT2D eigenvalue weighted by atomic mass is 35.5. The molecule has 11 nitrogen and oxygen atoms in total. The second-order valence-electron chi connectivity index (χ2n) is 19.0. The summed E-state index contributed by atoms with van der Waals surface area (Å²) in [7, 11) is -2.90. The van der Waals surface area contributed by atoms with Gasteiger partial charge in [0, 0.05) is 52.6 Å². The van der Waals surface area contributed by atoms with Crippen molar-refractivity contribution >= 4 is 63.9 Å². The average Bonchev–Trinajstić information content (AvgIpc) is 3.68. The highest BCUT2D eigenvalue weighted by molar-refractivity contribution is 7.59. The molecule has 350 valence electrons. The van der Waals surface area contributed by atoms with E-state index in [2.05, 4.69) is 5.32 Å². The quantitative estimate of drug-likeness (QED) is 0.103. The van der Waals surface area contributed by atoms with Crippen LogP contribution >= 0.6 is 30.3 Å². The number of aromatic nitrogens is 2. The first-order valence-electron chi connectivity index (χ1n) is 23.2. The van der Waals surface area contributed by atoms with Crippen molar-refractivity contribution in [2.24, 2.45) is 23.7 Å². The number of hydrogen-bond acceptors (Lipinski definition) is 11. The fraction of sp³-hybridized carbons (Fsp3) is 0.571. The zero-order chi connectivity index (χ0) is 46.0. The second kappa shape index (κ2) is 20.1. The minimum Gasteiger partial charge on any atom is -0.495 e. The number of carbonyl (C=O) groups excluding carboxylic acids is 3. The van der Waals surface area contributed by atoms with Crippen LogP contribution in [0.2, 0.25) is 5.02 Å². The lowest BCUT2D eigenvalue weighted by Crippen LogP contribution is -2.34. The fourth-order valence-corrected chi connectivity index (χ4v) is 14.4. The molecule has 2 unspecified atom stereocenters. The number of ketones is 2. The maximum absolute atomic E-state index is 15.1. The monoisotopic (exact) mass is 953 g/mol. The Morgan fingerprint density at radius 2 is 1.63 bits per heavy atom. The van der Waals surface area contributed by atoms with E-state index in [0.29, 0.717) is 58.2 Å². The molecule has 0 aliphatic heterocycles. The van der Waals surface area contributed by atoms with Crippen molar-refractivity contribution in [3.63, 3.8) is 0 Å². The fourth-order valence-electron chi connectivity index (χ4n) is 10.6. The molecule has 0 saturated heterocycles. The third-order valence-electron chi connectivity index (χ3n) is 14.2. The summed E-state index contributed by atoms with van der Waals surface area (Å²) in [5.41, 5.74) is 1.02. The Kier molecular flexibility index (Phi) is 14.7. The van der Waals surface area contributed by atoms with Crippen LogP contribution in [0.25, 0.3) is 22.3 Å². The van der Waals surface area contributed by atoms with Crippen molar-refractivity contribution in [3.05, 3.63) is 64.0 Å². The van der Waals surface area contributed by atoms with Gasteiger partial charge in [0.2, 0.25) is 7.37 Å². The van der Waals surface area contributed by atoms with Gasteiger partial charge in [-0.3, -0.25) is 18.9 Å². The van der Waals surface area contributed by atoms with Gasteiger partial charge in [0.15, 0.2) is 5.13 Å². The van der Waals surface area contributed by atoms with E-state index in [1.807, 2.05) is 19.2 Å². The Morgan fingerprint density at radius 1 is 0.938 bits per heavy atom. The molecule has 0 radical (unpaired) electrons. The first kappa shape index (κ1) is 47.5. The zero-order valence-electron chi connectivity index (χ0n) is 37.3. The van der Waals surface area contributed by atoms with E-state index in [4.69, 9.17) is 35.8 Å². The van der Waals surface area contributed by atoms with Crippen LogP contribution in [0.4, 0.5) is 13.9 Å². The van der Waals surface area contributed by atoms with Crippen LogP contribution in [-0.2, 0) is 29.8 Å². The molecule has 2 aromatic carbocycles. The number of ether oxygens (including phenoxy) is 3. The summed E-state index contributed by atoms with van der Waals surface area (Å²) in [5.74, 6) is -4.75. The van der Waals surface area contributed by atoms with Crippen LogP contribution in [0.1, 0.15) is 122 Å². The molecular weight excluding hydrogens is 895 g/mol. The first-order chi connectivity index (χ1) is 31.2. The van der Waals surface area contributed by atoms with Crippen LogP contribution in [0.3, 0.4) is 0 Å². The molecule has 2 N–H and O–H groups in total. The Bertz CT molecular complexity index is 2440. The van der Waals surface area contributed by atoms with Crippen LogP contribution in [-0.4, -0.2) is 62.9 Å². The Morgan fingerprint density at radius 3 is 2.35 bits per heavy atom. The molecule has 0 spiro atoms. The molecule has 4 aromatic rings. The zero-order valence-corrected chi connectivity index (χ0v) is 39.8. The molecule has 8 rings (SSSR count). The van der Waals surface area contributed by atoms with Gasteiger partial charge in [-0.2, -0.15) is 0 Å². The number of pyridine rings is 1. The smallest absolute Gasteiger partial charge is 0.306 e. The Balaban J connectivity index is 1.14. The number of nitrogens with one attached hydrogen (secondary N) is 1. The average molecular weight is 955 g/mol. The van der Waals surface area contributed by atoms with E-state index in [0.717, 1.165) is 63.5 Å². The predicted molar refractivity (Wildman–Crippen MR) is 248 cm³/mol. The van der Waals surface area contributed by atoms with Gasteiger partial charge in [-0.15, -0.1) is 11.3 Å². The van der Waals surface area contributed by atoms with Gasteiger partial charge < -0.3 is 24.4 Å². The molecule has 4 aliphatic rings. The minimum atomic E-state index is -4.42. The summed E-state index contributed by atoms with van der Waals surface area (Å²) in [6.07, 6.45) is 7.24. The van der Waals surface area contributed by atoms with E-state index < -0.39 is 65.7 Å². The number of nitrogens with zero attached hydrogens (tertiary/aromatic N) is 2. The molecule has 4 saturated carbocycles. The van der Waals surface area contributed by atoms with Gasteiger partial charge in [-0.1, -0.05) is 49.8 Å². The maximum Gasteiger partial charge on any atom is 0.306 e. The number of halogens is 3. The van der Waals surface area contributed by atoms with Gasteiger partial charge in [-0.05, 0) is 102 Å². The van der Waals surface area contributed by atoms with E-state index in [1.165, 1.54) is 24.5 Å². The Hall–Kier alpha value is -3.97. The number of rotatable bonds is 12. The van der Waals surface area contributed by atoms with Gasteiger partial charge in [0.05, 0.1) is 36.1 Å². The number of methoxy groups -OCH3 is 1. The van der Waals surface area contributed by atoms with Crippen molar-refractivity contribution in [1.82, 2.24) is 9.97 Å². The highest BCUT2D eigenvalue weighted by Gasteiger charge is 2.66. The summed E-state index contributed by atoms with van der Waals surface area (Å²) >= 11 is 8.32. The topological polar surface area (TPSA) is 154 Å². The van der Waals surface area contributed by atoms with Crippen LogP contribution in [0.5, 0.6) is 11.5 Å². The number of thiazole rings is 1. The molecule has 0 amide bonds. The van der Waals surface area contributed by atoms with Gasteiger partial charge in [0.1, 0.15) is 57.6 Å². The molecular formula is C49H59ClF2N3O8PS. The number of benzene rings is 2. The lowest BCUT2D eigenvalue weighted by molar-refractivity contribution is -0.152. The number of anilines is 1. The van der Waals surface area contributed by atoms with E-state index >= 15 is 18.4 Å². The number of esters is 1. The summed E-state index contributed by atoms with van der Waals surface area (Å²) in [6.45, 7) is 4.04. The molecule has 2 aromatic heterocycles. The summed E-state index contributed by atoms with van der Waals surface area (Å²) in [4.78, 5) is 65.1. The van der Waals surface area contributed by atoms with E-state index in [-0.39, 0.29) is 66.8 Å². The predicted octanol–water partition coefficient (Wildman–Crippen LogP) is 11.9. The Labute approximate surface area is 388 Å². The lowest BCUT2D eigenvalue weighted by atomic mass is 9.79. The maximum atomic E-state index is 15.1. The van der Waals surface area contributed by atoms with Gasteiger partial charge in [-0.25, -0.2) is 18.7 Å². The van der Waals surface area contributed by atoms with Crippen LogP contribution < -0.4 is 14.8 Å². The molecule has 4 aliphatic carbocycles. The lowest BCUT2D eigenvalue weighted by Gasteiger charge is -2.27. The molecule has 2 heterocycles. The molecule has 16 heteroatoms. The molecule has 0 bridgehead atoms. The normalized spacial score (nSPS) is 26.5. The van der Waals surface area contributed by atoms with Crippen molar-refractivity contribution in [3.8, 4) is 22.9 Å². The summed E-state index contributed by atoms with van der Waals surface area (Å²) < 4.78 is 62.9.